The van der Waals surface area contributed by atoms with Gasteiger partial charge < -0.3 is 5.73 Å². The number of pyridine rings is 2. The summed E-state index contributed by atoms with van der Waals surface area (Å²) in [5, 5.41) is 0.514. The summed E-state index contributed by atoms with van der Waals surface area (Å²) in [6.45, 7) is 0. The van der Waals surface area contributed by atoms with Gasteiger partial charge in [0.25, 0.3) is 5.56 Å². The van der Waals surface area contributed by atoms with Gasteiger partial charge >= 0.3 is 0 Å². The summed E-state index contributed by atoms with van der Waals surface area (Å²) in [4.78, 5) is 11.3. The van der Waals surface area contributed by atoms with Crippen molar-refractivity contribution in [3.05, 3.63) is 45.8 Å². The van der Waals surface area contributed by atoms with Crippen molar-refractivity contribution in [1.82, 2.24) is 4.40 Å². The molecule has 0 saturated heterocycles. The molecular weight excluding hydrogens is 188 g/mol. The van der Waals surface area contributed by atoms with Crippen molar-refractivity contribution in [2.45, 2.75) is 0 Å². The van der Waals surface area contributed by atoms with E-state index in [0.717, 1.165) is 0 Å². The monoisotopic (exact) mass is 194 g/mol. The Bertz CT molecular complexity index is 518. The lowest BCUT2D eigenvalue weighted by atomic mass is 10.3. The molecule has 66 valence electrons. The van der Waals surface area contributed by atoms with Crippen LogP contribution in [0.1, 0.15) is 0 Å². The molecule has 13 heavy (non-hydrogen) atoms. The quantitative estimate of drug-likeness (QED) is 0.692. The molecule has 0 unspecified atom stereocenters. The average molecular weight is 195 g/mol. The van der Waals surface area contributed by atoms with Crippen molar-refractivity contribution in [3.63, 3.8) is 0 Å². The molecule has 2 aromatic heterocycles. The minimum atomic E-state index is -0.133. The minimum absolute atomic E-state index is 0.133. The molecule has 0 amide bonds. The number of anilines is 1. The van der Waals surface area contributed by atoms with Crippen LogP contribution in [0.2, 0.25) is 5.02 Å². The van der Waals surface area contributed by atoms with Crippen LogP contribution < -0.4 is 11.3 Å². The molecule has 3 nitrogen and oxygen atoms in total. The van der Waals surface area contributed by atoms with Crippen LogP contribution in [-0.2, 0) is 0 Å². The van der Waals surface area contributed by atoms with Crippen LogP contribution in [0.4, 0.5) is 5.69 Å². The van der Waals surface area contributed by atoms with Gasteiger partial charge in [-0.15, -0.1) is 0 Å². The Labute approximate surface area is 79.4 Å². The van der Waals surface area contributed by atoms with Crippen LogP contribution in [0.3, 0.4) is 0 Å². The van der Waals surface area contributed by atoms with E-state index in [2.05, 4.69) is 0 Å². The van der Waals surface area contributed by atoms with Crippen molar-refractivity contribution in [3.8, 4) is 0 Å². The van der Waals surface area contributed by atoms with Gasteiger partial charge in [0, 0.05) is 12.3 Å². The zero-order chi connectivity index (χ0) is 9.42. The van der Waals surface area contributed by atoms with Gasteiger partial charge in [-0.3, -0.25) is 9.20 Å². The van der Waals surface area contributed by atoms with Gasteiger partial charge in [0.15, 0.2) is 0 Å². The second-order valence-electron chi connectivity index (χ2n) is 2.73. The summed E-state index contributed by atoms with van der Waals surface area (Å²) in [7, 11) is 0. The summed E-state index contributed by atoms with van der Waals surface area (Å²) in [5.74, 6) is 0. The summed E-state index contributed by atoms with van der Waals surface area (Å²) in [6, 6.07) is 6.43. The van der Waals surface area contributed by atoms with E-state index in [0.29, 0.717) is 16.2 Å². The molecule has 2 heterocycles. The molecule has 0 aliphatic rings. The van der Waals surface area contributed by atoms with Crippen LogP contribution in [0.15, 0.2) is 35.3 Å². The first-order chi connectivity index (χ1) is 6.18. The maximum atomic E-state index is 11.3. The molecule has 0 bridgehead atoms. The molecule has 0 aliphatic carbocycles. The van der Waals surface area contributed by atoms with E-state index in [1.807, 2.05) is 0 Å². The molecule has 4 heteroatoms. The molecular formula is C9H7ClN2O. The number of halogens is 1. The summed E-state index contributed by atoms with van der Waals surface area (Å²) in [5.41, 5.74) is 6.78. The number of aromatic nitrogens is 1. The van der Waals surface area contributed by atoms with Gasteiger partial charge in [0.1, 0.15) is 0 Å². The van der Waals surface area contributed by atoms with Crippen LogP contribution in [0.25, 0.3) is 5.52 Å². The third kappa shape index (κ3) is 1.27. The first kappa shape index (κ1) is 8.13. The van der Waals surface area contributed by atoms with E-state index in [-0.39, 0.29) is 5.56 Å². The van der Waals surface area contributed by atoms with Gasteiger partial charge in [-0.2, -0.15) is 0 Å². The molecule has 2 N–H and O–H groups in total. The highest BCUT2D eigenvalue weighted by Crippen LogP contribution is 2.14. The van der Waals surface area contributed by atoms with E-state index in [9.17, 15) is 4.79 Å². The average Bonchev–Trinajstić information content (AvgIpc) is 2.12. The Morgan fingerprint density at radius 3 is 2.77 bits per heavy atom. The SMILES string of the molecule is Nc1ccc(=O)n2cc(Cl)ccc12. The maximum Gasteiger partial charge on any atom is 0.255 e. The molecule has 0 spiro atoms. The van der Waals surface area contributed by atoms with Crippen molar-refractivity contribution in [2.75, 3.05) is 5.73 Å². The number of rotatable bonds is 0. The van der Waals surface area contributed by atoms with Gasteiger partial charge in [-0.25, -0.2) is 0 Å². The fourth-order valence-corrected chi connectivity index (χ4v) is 1.38. The van der Waals surface area contributed by atoms with Crippen molar-refractivity contribution in [1.29, 1.82) is 0 Å². The molecule has 0 radical (unpaired) electrons. The van der Waals surface area contributed by atoms with Crippen LogP contribution >= 0.6 is 11.6 Å². The summed E-state index contributed by atoms with van der Waals surface area (Å²) < 4.78 is 1.43. The smallest absolute Gasteiger partial charge is 0.255 e. The highest BCUT2D eigenvalue weighted by Gasteiger charge is 1.99. The molecule has 0 aromatic carbocycles. The first-order valence-electron chi connectivity index (χ1n) is 3.75. The Hall–Kier alpha value is -1.48. The number of nitrogens with zero attached hydrogens (tertiary/aromatic N) is 1. The highest BCUT2D eigenvalue weighted by molar-refractivity contribution is 6.30. The molecule has 0 aliphatic heterocycles. The lowest BCUT2D eigenvalue weighted by Gasteiger charge is -2.02. The third-order valence-electron chi connectivity index (χ3n) is 1.85. The number of fused-ring (bicyclic) bond motifs is 1. The van der Waals surface area contributed by atoms with Crippen LogP contribution in [-0.4, -0.2) is 4.40 Å². The zero-order valence-electron chi connectivity index (χ0n) is 6.70. The van der Waals surface area contributed by atoms with Crippen LogP contribution in [0, 0.1) is 0 Å². The van der Waals surface area contributed by atoms with Gasteiger partial charge in [-0.05, 0) is 18.2 Å². The van der Waals surface area contributed by atoms with Gasteiger partial charge in [0.2, 0.25) is 0 Å². The molecule has 0 saturated carbocycles. The van der Waals surface area contributed by atoms with Gasteiger partial charge in [-0.1, -0.05) is 11.6 Å². The molecule has 0 fully saturated rings. The van der Waals surface area contributed by atoms with Crippen molar-refractivity contribution in [2.24, 2.45) is 0 Å². The van der Waals surface area contributed by atoms with Crippen molar-refractivity contribution < 1.29 is 0 Å². The summed E-state index contributed by atoms with van der Waals surface area (Å²) >= 11 is 5.74. The standard InChI is InChI=1S/C9H7ClN2O/c10-6-1-3-8-7(11)2-4-9(13)12(8)5-6/h1-5H,11H2. The Balaban J connectivity index is 3.01. The largest absolute Gasteiger partial charge is 0.397 e. The Morgan fingerprint density at radius 1 is 1.23 bits per heavy atom. The fraction of sp³-hybridized carbons (Fsp3) is 0. The first-order valence-corrected chi connectivity index (χ1v) is 4.13. The zero-order valence-corrected chi connectivity index (χ0v) is 7.45. The lowest BCUT2D eigenvalue weighted by Crippen LogP contribution is -2.12. The topological polar surface area (TPSA) is 47.5 Å². The van der Waals surface area contributed by atoms with E-state index >= 15 is 0 Å². The van der Waals surface area contributed by atoms with E-state index < -0.39 is 0 Å². The Morgan fingerprint density at radius 2 is 2.00 bits per heavy atom. The van der Waals surface area contributed by atoms with Crippen LogP contribution in [0.5, 0.6) is 0 Å². The van der Waals surface area contributed by atoms with E-state index in [4.69, 9.17) is 17.3 Å². The van der Waals surface area contributed by atoms with E-state index in [1.165, 1.54) is 10.5 Å². The minimum Gasteiger partial charge on any atom is -0.397 e. The fourth-order valence-electron chi connectivity index (χ4n) is 1.22. The highest BCUT2D eigenvalue weighted by atomic mass is 35.5. The third-order valence-corrected chi connectivity index (χ3v) is 2.07. The second-order valence-corrected chi connectivity index (χ2v) is 3.17. The summed E-state index contributed by atoms with van der Waals surface area (Å²) in [6.07, 6.45) is 1.55. The van der Waals surface area contributed by atoms with E-state index in [1.54, 1.807) is 24.4 Å². The molecule has 2 aromatic rings. The molecule has 0 atom stereocenters. The number of nitrogens with two attached hydrogens (primary N) is 1. The number of nitrogen functional groups attached to an aromatic ring is 1. The maximum absolute atomic E-state index is 11.3. The normalized spacial score (nSPS) is 10.5. The number of hydrogen-bond acceptors (Lipinski definition) is 2. The second kappa shape index (κ2) is 2.78. The Kier molecular flexibility index (Phi) is 1.74. The lowest BCUT2D eigenvalue weighted by molar-refractivity contribution is 1.10. The molecule has 2 rings (SSSR count). The number of hydrogen-bond donors (Lipinski definition) is 1. The van der Waals surface area contributed by atoms with Gasteiger partial charge in [0.05, 0.1) is 16.2 Å². The van der Waals surface area contributed by atoms with Crippen molar-refractivity contribution >= 4 is 22.8 Å². The predicted molar refractivity (Wildman–Crippen MR) is 53.1 cm³/mol. The predicted octanol–water partition coefficient (Wildman–Crippen LogP) is 1.54.